The van der Waals surface area contributed by atoms with Gasteiger partial charge in [-0.2, -0.15) is 0 Å². The van der Waals surface area contributed by atoms with Crippen LogP contribution in [0, 0.1) is 0 Å². The molecule has 0 radical (unpaired) electrons. The summed E-state index contributed by atoms with van der Waals surface area (Å²) in [6, 6.07) is 4.96. The van der Waals surface area contributed by atoms with E-state index in [1.54, 1.807) is 0 Å². The zero-order valence-corrected chi connectivity index (χ0v) is 15.3. The number of pyridine rings is 2. The lowest BCUT2D eigenvalue weighted by Gasteiger charge is -2.35. The largest absolute Gasteiger partial charge is 0.389 e. The fourth-order valence-electron chi connectivity index (χ4n) is 5.07. The number of fused-ring (bicyclic) bond motifs is 3. The molecule has 3 aromatic heterocycles. The molecule has 1 aliphatic carbocycles. The van der Waals surface area contributed by atoms with Crippen molar-refractivity contribution in [2.45, 2.75) is 56.6 Å². The van der Waals surface area contributed by atoms with Crippen LogP contribution >= 0.6 is 0 Å². The van der Waals surface area contributed by atoms with Gasteiger partial charge in [0.05, 0.1) is 17.3 Å². The SMILES string of the molecule is CC1(O)CCN(C2CCC(c3cc[nH]c4cnc5nccc5c34)CC2)C1. The van der Waals surface area contributed by atoms with Crippen LogP contribution in [0.2, 0.25) is 0 Å². The minimum absolute atomic E-state index is 0.494. The van der Waals surface area contributed by atoms with Gasteiger partial charge in [0.1, 0.15) is 0 Å². The maximum atomic E-state index is 10.3. The summed E-state index contributed by atoms with van der Waals surface area (Å²) in [7, 11) is 0. The lowest BCUT2D eigenvalue weighted by molar-refractivity contribution is 0.0575. The first kappa shape index (κ1) is 16.2. The van der Waals surface area contributed by atoms with Crippen molar-refractivity contribution in [1.29, 1.82) is 0 Å². The summed E-state index contributed by atoms with van der Waals surface area (Å²) in [6.07, 6.45) is 11.6. The molecule has 1 saturated heterocycles. The molecular weight excluding hydrogens is 324 g/mol. The third-order valence-electron chi connectivity index (χ3n) is 6.46. The quantitative estimate of drug-likeness (QED) is 0.741. The number of nitrogens with one attached hydrogen (secondary N) is 1. The normalized spacial score (nSPS) is 30.4. The van der Waals surface area contributed by atoms with Crippen molar-refractivity contribution >= 4 is 21.9 Å². The first-order valence-corrected chi connectivity index (χ1v) is 9.78. The Bertz CT molecular complexity index is 939. The second-order valence-electron chi connectivity index (χ2n) is 8.38. The van der Waals surface area contributed by atoms with Gasteiger partial charge < -0.3 is 10.1 Å². The molecule has 1 unspecified atom stereocenters. The molecule has 136 valence electrons. The van der Waals surface area contributed by atoms with E-state index in [9.17, 15) is 5.11 Å². The number of likely N-dealkylation sites (tertiary alicyclic amines) is 1. The highest BCUT2D eigenvalue weighted by Gasteiger charge is 2.36. The lowest BCUT2D eigenvalue weighted by atomic mass is 9.80. The third kappa shape index (κ3) is 2.70. The Labute approximate surface area is 153 Å². The molecule has 1 saturated carbocycles. The highest BCUT2D eigenvalue weighted by atomic mass is 16.3. The van der Waals surface area contributed by atoms with Crippen molar-refractivity contribution < 1.29 is 5.11 Å². The van der Waals surface area contributed by atoms with Crippen molar-refractivity contribution in [2.24, 2.45) is 0 Å². The molecule has 5 heteroatoms. The van der Waals surface area contributed by atoms with Gasteiger partial charge in [0.2, 0.25) is 0 Å². The Morgan fingerprint density at radius 3 is 2.81 bits per heavy atom. The van der Waals surface area contributed by atoms with Crippen LogP contribution < -0.4 is 0 Å². The van der Waals surface area contributed by atoms with Gasteiger partial charge in [-0.1, -0.05) is 0 Å². The van der Waals surface area contributed by atoms with Crippen molar-refractivity contribution in [2.75, 3.05) is 13.1 Å². The molecule has 2 aliphatic rings. The molecule has 0 aromatic carbocycles. The van der Waals surface area contributed by atoms with Gasteiger partial charge in [-0.15, -0.1) is 0 Å². The Kier molecular flexibility index (Phi) is 3.76. The minimum atomic E-state index is -0.494. The number of aromatic nitrogens is 3. The highest BCUT2D eigenvalue weighted by Crippen LogP contribution is 2.40. The van der Waals surface area contributed by atoms with E-state index in [4.69, 9.17) is 0 Å². The van der Waals surface area contributed by atoms with Gasteiger partial charge in [-0.05, 0) is 62.6 Å². The van der Waals surface area contributed by atoms with Crippen LogP contribution in [0.15, 0.2) is 30.7 Å². The second kappa shape index (κ2) is 6.03. The molecule has 0 spiro atoms. The highest BCUT2D eigenvalue weighted by molar-refractivity contribution is 6.05. The number of aliphatic hydroxyl groups is 1. The summed E-state index contributed by atoms with van der Waals surface area (Å²) < 4.78 is 0. The van der Waals surface area contributed by atoms with Gasteiger partial charge in [0, 0.05) is 42.3 Å². The average Bonchev–Trinajstić information content (AvgIpc) is 3.27. The molecule has 0 amide bonds. The topological polar surface area (TPSA) is 65.0 Å². The van der Waals surface area contributed by atoms with Crippen LogP contribution in [-0.4, -0.2) is 49.7 Å². The van der Waals surface area contributed by atoms with E-state index >= 15 is 0 Å². The zero-order valence-electron chi connectivity index (χ0n) is 15.3. The number of nitrogens with zero attached hydrogens (tertiary/aromatic N) is 3. The summed E-state index contributed by atoms with van der Waals surface area (Å²) >= 11 is 0. The zero-order chi connectivity index (χ0) is 17.7. The number of hydrogen-bond donors (Lipinski definition) is 2. The molecule has 5 nitrogen and oxygen atoms in total. The molecule has 1 aliphatic heterocycles. The van der Waals surface area contributed by atoms with Gasteiger partial charge in [-0.25, -0.2) is 9.97 Å². The first-order valence-electron chi connectivity index (χ1n) is 9.78. The van der Waals surface area contributed by atoms with E-state index in [1.807, 2.05) is 25.5 Å². The second-order valence-corrected chi connectivity index (χ2v) is 8.38. The molecule has 26 heavy (non-hydrogen) atoms. The van der Waals surface area contributed by atoms with E-state index in [2.05, 4.69) is 32.0 Å². The number of β-amino-alcohol motifs (C(OH)–C–C–N with tert-alkyl or cyclic N) is 1. The van der Waals surface area contributed by atoms with Crippen molar-refractivity contribution in [1.82, 2.24) is 19.9 Å². The smallest absolute Gasteiger partial charge is 0.159 e. The molecule has 1 atom stereocenters. The van der Waals surface area contributed by atoms with Gasteiger partial charge >= 0.3 is 0 Å². The number of aromatic amines is 1. The van der Waals surface area contributed by atoms with Crippen molar-refractivity contribution in [3.8, 4) is 0 Å². The summed E-state index contributed by atoms with van der Waals surface area (Å²) in [4.78, 5) is 14.7. The van der Waals surface area contributed by atoms with Crippen LogP contribution in [0.5, 0.6) is 0 Å². The first-order chi connectivity index (χ1) is 12.6. The number of rotatable bonds is 2. The van der Waals surface area contributed by atoms with Crippen LogP contribution in [0.3, 0.4) is 0 Å². The van der Waals surface area contributed by atoms with E-state index < -0.39 is 5.60 Å². The van der Waals surface area contributed by atoms with Crippen molar-refractivity contribution in [3.05, 3.63) is 36.3 Å². The van der Waals surface area contributed by atoms with E-state index in [0.717, 1.165) is 36.1 Å². The monoisotopic (exact) mass is 350 g/mol. The van der Waals surface area contributed by atoms with E-state index in [-0.39, 0.29) is 0 Å². The Morgan fingerprint density at radius 2 is 2.04 bits per heavy atom. The minimum Gasteiger partial charge on any atom is -0.389 e. The van der Waals surface area contributed by atoms with E-state index in [1.165, 1.54) is 36.6 Å². The lowest BCUT2D eigenvalue weighted by Crippen LogP contribution is -2.39. The molecule has 2 fully saturated rings. The molecule has 0 bridgehead atoms. The van der Waals surface area contributed by atoms with Gasteiger partial charge in [-0.3, -0.25) is 4.90 Å². The summed E-state index contributed by atoms with van der Waals surface area (Å²) in [5, 5.41) is 12.7. The molecule has 4 heterocycles. The van der Waals surface area contributed by atoms with Crippen LogP contribution in [0.4, 0.5) is 0 Å². The summed E-state index contributed by atoms with van der Waals surface area (Å²) in [5.41, 5.74) is 2.88. The predicted octanol–water partition coefficient (Wildman–Crippen LogP) is 3.59. The van der Waals surface area contributed by atoms with Crippen molar-refractivity contribution in [3.63, 3.8) is 0 Å². The van der Waals surface area contributed by atoms with E-state index in [0.29, 0.717) is 12.0 Å². The predicted molar refractivity (Wildman–Crippen MR) is 103 cm³/mol. The standard InChI is InChI=1S/C21H26N4O/c1-21(26)8-11-25(13-21)15-4-2-14(3-5-15)16-6-9-22-18-12-24-20-17(19(16)18)7-10-23-20/h6-7,9-10,12,14-15,22,26H,2-5,8,11,13H2,1H3. The molecular formula is C21H26N4O. The summed E-state index contributed by atoms with van der Waals surface area (Å²) in [5.74, 6) is 0.590. The maximum absolute atomic E-state index is 10.3. The Morgan fingerprint density at radius 1 is 1.19 bits per heavy atom. The van der Waals surface area contributed by atoms with Crippen LogP contribution in [0.25, 0.3) is 21.9 Å². The van der Waals surface area contributed by atoms with Crippen LogP contribution in [-0.2, 0) is 0 Å². The fourth-order valence-corrected chi connectivity index (χ4v) is 5.07. The summed E-state index contributed by atoms with van der Waals surface area (Å²) in [6.45, 7) is 3.84. The Hall–Kier alpha value is -1.98. The third-order valence-corrected chi connectivity index (χ3v) is 6.46. The molecule has 2 N–H and O–H groups in total. The molecule has 3 aromatic rings. The average molecular weight is 350 g/mol. The van der Waals surface area contributed by atoms with Gasteiger partial charge in [0.15, 0.2) is 5.65 Å². The number of H-pyrrole nitrogens is 1. The van der Waals surface area contributed by atoms with Crippen LogP contribution in [0.1, 0.15) is 50.5 Å². The molecule has 5 rings (SSSR count). The Balaban J connectivity index is 1.41. The van der Waals surface area contributed by atoms with Gasteiger partial charge in [0.25, 0.3) is 0 Å². The number of hydrogen-bond acceptors (Lipinski definition) is 4. The maximum Gasteiger partial charge on any atom is 0.159 e. The fraction of sp³-hybridized carbons (Fsp3) is 0.524.